The molecule has 0 unspecified atom stereocenters. The average Bonchev–Trinajstić information content (AvgIpc) is 3.08. The summed E-state index contributed by atoms with van der Waals surface area (Å²) in [5.74, 6) is 0.611. The number of para-hydroxylation sites is 2. The Morgan fingerprint density at radius 2 is 1.81 bits per heavy atom. The summed E-state index contributed by atoms with van der Waals surface area (Å²) < 4.78 is 27.6. The van der Waals surface area contributed by atoms with Gasteiger partial charge >= 0.3 is 0 Å². The lowest BCUT2D eigenvalue weighted by molar-refractivity contribution is -0.113. The number of nitrogens with one attached hydrogen (secondary N) is 1. The van der Waals surface area contributed by atoms with E-state index in [9.17, 15) is 13.2 Å². The van der Waals surface area contributed by atoms with E-state index in [0.29, 0.717) is 11.6 Å². The summed E-state index contributed by atoms with van der Waals surface area (Å²) in [5, 5.41) is 3.64. The van der Waals surface area contributed by atoms with Gasteiger partial charge in [-0.1, -0.05) is 37.7 Å². The van der Waals surface area contributed by atoms with Gasteiger partial charge in [-0.15, -0.1) is 0 Å². The van der Waals surface area contributed by atoms with Gasteiger partial charge in [-0.25, -0.2) is 17.7 Å². The van der Waals surface area contributed by atoms with Crippen molar-refractivity contribution in [1.82, 2.24) is 13.9 Å². The summed E-state index contributed by atoms with van der Waals surface area (Å²) in [6, 6.07) is 14.2. The van der Waals surface area contributed by atoms with E-state index in [4.69, 9.17) is 4.98 Å². The Bertz CT molecular complexity index is 1150. The van der Waals surface area contributed by atoms with Crippen LogP contribution in [-0.4, -0.2) is 48.0 Å². The second kappa shape index (κ2) is 9.84. The number of sulfonamides is 1. The molecule has 166 valence electrons. The van der Waals surface area contributed by atoms with Crippen molar-refractivity contribution >= 4 is 44.4 Å². The van der Waals surface area contributed by atoms with E-state index in [2.05, 4.69) is 29.8 Å². The second-order valence-corrected chi connectivity index (χ2v) is 11.0. The number of aryl methyl sites for hydroxylation is 1. The largest absolute Gasteiger partial charge is 0.325 e. The molecular formula is C22H28N4O3S2. The van der Waals surface area contributed by atoms with Crippen molar-refractivity contribution in [2.75, 3.05) is 25.2 Å². The number of fused-ring (bicyclic) bond motifs is 1. The zero-order valence-corrected chi connectivity index (χ0v) is 19.8. The Balaban J connectivity index is 1.67. The first-order valence-electron chi connectivity index (χ1n) is 10.1. The third kappa shape index (κ3) is 5.66. The fraction of sp³-hybridized carbons (Fsp3) is 0.364. The Kier molecular flexibility index (Phi) is 7.40. The van der Waals surface area contributed by atoms with Crippen LogP contribution in [0.5, 0.6) is 0 Å². The molecule has 1 N–H and O–H groups in total. The van der Waals surface area contributed by atoms with Crippen LogP contribution in [0.2, 0.25) is 0 Å². The summed E-state index contributed by atoms with van der Waals surface area (Å²) in [5.41, 5.74) is 2.55. The monoisotopic (exact) mass is 460 g/mol. The van der Waals surface area contributed by atoms with Gasteiger partial charge in [0.15, 0.2) is 5.16 Å². The normalized spacial score (nSPS) is 12.1. The number of carbonyl (C=O) groups is 1. The fourth-order valence-corrected chi connectivity index (χ4v) is 4.76. The maximum Gasteiger partial charge on any atom is 0.242 e. The third-order valence-corrected chi connectivity index (χ3v) is 7.60. The maximum absolute atomic E-state index is 12.5. The number of thioether (sulfide) groups is 1. The highest BCUT2D eigenvalue weighted by Gasteiger charge is 2.17. The Labute approximate surface area is 187 Å². The van der Waals surface area contributed by atoms with Crippen molar-refractivity contribution in [2.45, 2.75) is 36.9 Å². The third-order valence-electron chi connectivity index (χ3n) is 4.80. The SMILES string of the molecule is CC(C)CCn1c(SCC(=O)Nc2ccc(S(=O)(=O)N(C)C)cc2)nc2ccccc21. The topological polar surface area (TPSA) is 84.3 Å². The lowest BCUT2D eigenvalue weighted by atomic mass is 10.1. The molecular weight excluding hydrogens is 432 g/mol. The van der Waals surface area contributed by atoms with Gasteiger partial charge in [0.2, 0.25) is 15.9 Å². The highest BCUT2D eigenvalue weighted by molar-refractivity contribution is 7.99. The number of hydrogen-bond acceptors (Lipinski definition) is 5. The van der Waals surface area contributed by atoms with Gasteiger partial charge in [0.25, 0.3) is 0 Å². The van der Waals surface area contributed by atoms with Crippen LogP contribution in [0.15, 0.2) is 58.6 Å². The van der Waals surface area contributed by atoms with Gasteiger partial charge in [-0.05, 0) is 48.7 Å². The molecule has 0 aliphatic carbocycles. The minimum absolute atomic E-state index is 0.171. The predicted octanol–water partition coefficient (Wildman–Crippen LogP) is 4.06. The molecule has 3 aromatic rings. The Hall–Kier alpha value is -2.36. The summed E-state index contributed by atoms with van der Waals surface area (Å²) >= 11 is 1.40. The van der Waals surface area contributed by atoms with E-state index in [1.54, 1.807) is 12.1 Å². The lowest BCUT2D eigenvalue weighted by Gasteiger charge is -2.12. The van der Waals surface area contributed by atoms with Crippen molar-refractivity contribution in [3.05, 3.63) is 48.5 Å². The van der Waals surface area contributed by atoms with E-state index in [-0.39, 0.29) is 16.6 Å². The molecule has 1 amide bonds. The molecule has 0 aliphatic rings. The molecule has 1 aromatic heterocycles. The summed E-state index contributed by atoms with van der Waals surface area (Å²) in [6.07, 6.45) is 1.03. The van der Waals surface area contributed by atoms with E-state index in [1.807, 2.05) is 18.2 Å². The van der Waals surface area contributed by atoms with E-state index in [0.717, 1.165) is 33.5 Å². The van der Waals surface area contributed by atoms with Crippen LogP contribution in [0.25, 0.3) is 11.0 Å². The van der Waals surface area contributed by atoms with Crippen LogP contribution in [-0.2, 0) is 21.4 Å². The minimum Gasteiger partial charge on any atom is -0.325 e. The number of hydrogen-bond donors (Lipinski definition) is 1. The number of nitrogens with zero attached hydrogens (tertiary/aromatic N) is 3. The van der Waals surface area contributed by atoms with Crippen LogP contribution in [0.1, 0.15) is 20.3 Å². The molecule has 1 heterocycles. The van der Waals surface area contributed by atoms with Crippen LogP contribution in [0, 0.1) is 5.92 Å². The van der Waals surface area contributed by atoms with Crippen LogP contribution >= 0.6 is 11.8 Å². The summed E-state index contributed by atoms with van der Waals surface area (Å²) in [4.78, 5) is 17.4. The number of rotatable bonds is 9. The van der Waals surface area contributed by atoms with E-state index in [1.165, 1.54) is 38.0 Å². The molecule has 0 radical (unpaired) electrons. The van der Waals surface area contributed by atoms with Crippen molar-refractivity contribution in [2.24, 2.45) is 5.92 Å². The molecule has 7 nitrogen and oxygen atoms in total. The van der Waals surface area contributed by atoms with Crippen molar-refractivity contribution in [3.8, 4) is 0 Å². The molecule has 0 atom stereocenters. The first-order valence-corrected chi connectivity index (χ1v) is 12.5. The molecule has 2 aromatic carbocycles. The smallest absolute Gasteiger partial charge is 0.242 e. The van der Waals surface area contributed by atoms with Crippen molar-refractivity contribution in [1.29, 1.82) is 0 Å². The first kappa shape index (κ1) is 23.3. The van der Waals surface area contributed by atoms with Gasteiger partial charge in [0.05, 0.1) is 21.7 Å². The molecule has 0 saturated carbocycles. The molecule has 0 spiro atoms. The van der Waals surface area contributed by atoms with Crippen LogP contribution < -0.4 is 5.32 Å². The summed E-state index contributed by atoms with van der Waals surface area (Å²) in [6.45, 7) is 5.23. The molecule has 0 bridgehead atoms. The van der Waals surface area contributed by atoms with Gasteiger partial charge in [-0.3, -0.25) is 4.79 Å². The quantitative estimate of drug-likeness (QED) is 0.487. The molecule has 0 aliphatic heterocycles. The average molecular weight is 461 g/mol. The first-order chi connectivity index (χ1) is 14.7. The number of amides is 1. The number of imidazole rings is 1. The Morgan fingerprint density at radius 3 is 2.45 bits per heavy atom. The minimum atomic E-state index is -3.49. The summed E-state index contributed by atoms with van der Waals surface area (Å²) in [7, 11) is -0.526. The van der Waals surface area contributed by atoms with Gasteiger partial charge < -0.3 is 9.88 Å². The second-order valence-electron chi connectivity index (χ2n) is 7.87. The zero-order chi connectivity index (χ0) is 22.6. The number of carbonyl (C=O) groups excluding carboxylic acids is 1. The van der Waals surface area contributed by atoms with E-state index < -0.39 is 10.0 Å². The molecule has 9 heteroatoms. The standard InChI is InChI=1S/C22H28N4O3S2/c1-16(2)13-14-26-20-8-6-5-7-19(20)24-22(26)30-15-21(27)23-17-9-11-18(12-10-17)31(28,29)25(3)4/h5-12,16H,13-15H2,1-4H3,(H,23,27). The van der Waals surface area contributed by atoms with Crippen LogP contribution in [0.3, 0.4) is 0 Å². The number of anilines is 1. The lowest BCUT2D eigenvalue weighted by Crippen LogP contribution is -2.22. The molecule has 0 fully saturated rings. The van der Waals surface area contributed by atoms with Gasteiger partial charge in [-0.2, -0.15) is 0 Å². The number of benzene rings is 2. The van der Waals surface area contributed by atoms with Crippen LogP contribution in [0.4, 0.5) is 5.69 Å². The van der Waals surface area contributed by atoms with Gasteiger partial charge in [0, 0.05) is 26.3 Å². The van der Waals surface area contributed by atoms with E-state index >= 15 is 0 Å². The zero-order valence-electron chi connectivity index (χ0n) is 18.2. The predicted molar refractivity (Wildman–Crippen MR) is 126 cm³/mol. The molecule has 0 saturated heterocycles. The van der Waals surface area contributed by atoms with Crippen molar-refractivity contribution in [3.63, 3.8) is 0 Å². The molecule has 3 rings (SSSR count). The maximum atomic E-state index is 12.5. The Morgan fingerprint density at radius 1 is 1.13 bits per heavy atom. The number of aromatic nitrogens is 2. The van der Waals surface area contributed by atoms with Crippen molar-refractivity contribution < 1.29 is 13.2 Å². The highest BCUT2D eigenvalue weighted by atomic mass is 32.2. The highest BCUT2D eigenvalue weighted by Crippen LogP contribution is 2.25. The molecule has 31 heavy (non-hydrogen) atoms. The van der Waals surface area contributed by atoms with Gasteiger partial charge in [0.1, 0.15) is 0 Å². The fourth-order valence-electron chi connectivity index (χ4n) is 3.02.